The quantitative estimate of drug-likeness (QED) is 0.503. The molecule has 1 heterocycles. The maximum atomic E-state index is 12.4. The highest BCUT2D eigenvalue weighted by Gasteiger charge is 2.11. The maximum Gasteiger partial charge on any atom is 0.255 e. The van der Waals surface area contributed by atoms with Gasteiger partial charge in [0.15, 0.2) is 0 Å². The molecule has 4 aromatic rings. The molecule has 0 aliphatic rings. The average molecular weight is 398 g/mol. The molecule has 0 atom stereocenters. The van der Waals surface area contributed by atoms with Crippen molar-refractivity contribution in [1.82, 2.24) is 9.55 Å². The number of methoxy groups -OCH3 is 1. The molecule has 4 rings (SSSR count). The number of amides is 1. The van der Waals surface area contributed by atoms with Crippen LogP contribution in [-0.2, 0) is 6.54 Å². The third kappa shape index (κ3) is 4.17. The summed E-state index contributed by atoms with van der Waals surface area (Å²) >= 11 is 0. The Bertz CT molecular complexity index is 1170. The third-order valence-electron chi connectivity index (χ3n) is 4.79. The first-order chi connectivity index (χ1) is 14.6. The molecule has 0 aliphatic heterocycles. The predicted octanol–water partition coefficient (Wildman–Crippen LogP) is 4.44. The van der Waals surface area contributed by atoms with E-state index in [9.17, 15) is 4.79 Å². The van der Waals surface area contributed by atoms with Crippen LogP contribution in [0.15, 0.2) is 85.1 Å². The number of aromatic nitrogens is 2. The summed E-state index contributed by atoms with van der Waals surface area (Å²) in [6.45, 7) is 0.549. The van der Waals surface area contributed by atoms with Crippen molar-refractivity contribution in [3.63, 3.8) is 0 Å². The average Bonchev–Trinajstić information content (AvgIpc) is 3.15. The van der Waals surface area contributed by atoms with Gasteiger partial charge in [0.25, 0.3) is 5.91 Å². The Morgan fingerprint density at radius 1 is 1.03 bits per heavy atom. The molecule has 1 amide bonds. The van der Waals surface area contributed by atoms with E-state index in [1.54, 1.807) is 19.2 Å². The molecule has 1 aromatic heterocycles. The fourth-order valence-electron chi connectivity index (χ4n) is 3.26. The van der Waals surface area contributed by atoms with Gasteiger partial charge in [-0.05, 0) is 30.3 Å². The second kappa shape index (κ2) is 8.53. The number of nitrogens with two attached hydrogens (primary N) is 1. The molecule has 0 saturated heterocycles. The molecular formula is C24H22N4O2. The van der Waals surface area contributed by atoms with E-state index in [0.717, 1.165) is 22.6 Å². The van der Waals surface area contributed by atoms with Crippen LogP contribution in [0, 0.1) is 0 Å². The van der Waals surface area contributed by atoms with Crippen LogP contribution >= 0.6 is 0 Å². The van der Waals surface area contributed by atoms with E-state index in [0.29, 0.717) is 23.7 Å². The highest BCUT2D eigenvalue weighted by Crippen LogP contribution is 2.25. The third-order valence-corrected chi connectivity index (χ3v) is 4.79. The second-order valence-corrected chi connectivity index (χ2v) is 6.83. The van der Waals surface area contributed by atoms with Gasteiger partial charge in [-0.15, -0.1) is 0 Å². The van der Waals surface area contributed by atoms with E-state index in [1.165, 1.54) is 0 Å². The Hall–Kier alpha value is -4.06. The molecule has 0 radical (unpaired) electrons. The van der Waals surface area contributed by atoms with Crippen LogP contribution in [0.1, 0.15) is 15.9 Å². The van der Waals surface area contributed by atoms with Gasteiger partial charge in [-0.1, -0.05) is 48.5 Å². The smallest absolute Gasteiger partial charge is 0.255 e. The van der Waals surface area contributed by atoms with Gasteiger partial charge in [0, 0.05) is 28.6 Å². The van der Waals surface area contributed by atoms with E-state index in [1.807, 2.05) is 77.5 Å². The van der Waals surface area contributed by atoms with Gasteiger partial charge in [-0.3, -0.25) is 4.79 Å². The van der Waals surface area contributed by atoms with Crippen molar-refractivity contribution < 1.29 is 9.53 Å². The minimum Gasteiger partial charge on any atom is -0.496 e. The first-order valence-electron chi connectivity index (χ1n) is 9.55. The molecule has 0 saturated carbocycles. The molecule has 0 bridgehead atoms. The fourth-order valence-corrected chi connectivity index (χ4v) is 3.26. The maximum absolute atomic E-state index is 12.4. The Balaban J connectivity index is 1.56. The molecule has 150 valence electrons. The van der Waals surface area contributed by atoms with Crippen LogP contribution in [0.5, 0.6) is 5.75 Å². The first kappa shape index (κ1) is 19.3. The molecule has 6 nitrogen and oxygen atoms in total. The van der Waals surface area contributed by atoms with Crippen molar-refractivity contribution in [2.24, 2.45) is 0 Å². The van der Waals surface area contributed by atoms with Crippen LogP contribution in [0.25, 0.3) is 11.3 Å². The lowest BCUT2D eigenvalue weighted by Gasteiger charge is -2.09. The summed E-state index contributed by atoms with van der Waals surface area (Å²) in [4.78, 5) is 16.9. The van der Waals surface area contributed by atoms with Crippen LogP contribution < -0.4 is 15.8 Å². The molecule has 0 unspecified atom stereocenters. The number of benzene rings is 3. The SMILES string of the molecule is COc1ccccc1Cn1cc(-c2cccc(NC(=O)c3ccccc3)c2)nc1N. The zero-order chi connectivity index (χ0) is 20.9. The molecular weight excluding hydrogens is 376 g/mol. The summed E-state index contributed by atoms with van der Waals surface area (Å²) in [5.74, 6) is 1.06. The number of rotatable bonds is 6. The summed E-state index contributed by atoms with van der Waals surface area (Å²) in [6.07, 6.45) is 1.90. The Morgan fingerprint density at radius 3 is 2.60 bits per heavy atom. The predicted molar refractivity (Wildman–Crippen MR) is 119 cm³/mol. The summed E-state index contributed by atoms with van der Waals surface area (Å²) in [6, 6.07) is 24.5. The largest absolute Gasteiger partial charge is 0.496 e. The van der Waals surface area contributed by atoms with E-state index >= 15 is 0 Å². The van der Waals surface area contributed by atoms with Gasteiger partial charge < -0.3 is 20.4 Å². The zero-order valence-corrected chi connectivity index (χ0v) is 16.6. The lowest BCUT2D eigenvalue weighted by Crippen LogP contribution is -2.11. The summed E-state index contributed by atoms with van der Waals surface area (Å²) < 4.78 is 7.30. The van der Waals surface area contributed by atoms with Gasteiger partial charge in [0.1, 0.15) is 5.75 Å². The number of nitrogen functional groups attached to an aromatic ring is 1. The fraction of sp³-hybridized carbons (Fsp3) is 0.0833. The van der Waals surface area contributed by atoms with Gasteiger partial charge in [-0.25, -0.2) is 4.98 Å². The number of nitrogens with zero attached hydrogens (tertiary/aromatic N) is 2. The van der Waals surface area contributed by atoms with E-state index in [4.69, 9.17) is 10.5 Å². The van der Waals surface area contributed by atoms with Gasteiger partial charge in [-0.2, -0.15) is 0 Å². The molecule has 0 spiro atoms. The number of ether oxygens (including phenoxy) is 1. The monoisotopic (exact) mass is 398 g/mol. The van der Waals surface area contributed by atoms with Crippen molar-refractivity contribution >= 4 is 17.5 Å². The highest BCUT2D eigenvalue weighted by molar-refractivity contribution is 6.04. The van der Waals surface area contributed by atoms with E-state index in [2.05, 4.69) is 10.3 Å². The standard InChI is InChI=1S/C24H22N4O2/c1-30-22-13-6-5-10-19(22)15-28-16-21(27-24(28)25)18-11-7-12-20(14-18)26-23(29)17-8-3-2-4-9-17/h2-14,16H,15H2,1H3,(H2,25,27)(H,26,29). The highest BCUT2D eigenvalue weighted by atomic mass is 16.5. The van der Waals surface area contributed by atoms with Crippen molar-refractivity contribution in [2.75, 3.05) is 18.2 Å². The Kier molecular flexibility index (Phi) is 5.48. The van der Waals surface area contributed by atoms with Crippen molar-refractivity contribution in [1.29, 1.82) is 0 Å². The Morgan fingerprint density at radius 2 is 1.80 bits per heavy atom. The van der Waals surface area contributed by atoms with Crippen LogP contribution in [0.2, 0.25) is 0 Å². The zero-order valence-electron chi connectivity index (χ0n) is 16.6. The minimum absolute atomic E-state index is 0.158. The van der Waals surface area contributed by atoms with Crippen molar-refractivity contribution in [2.45, 2.75) is 6.54 Å². The Labute approximate surface area is 175 Å². The summed E-state index contributed by atoms with van der Waals surface area (Å²) in [5.41, 5.74) is 10.1. The van der Waals surface area contributed by atoms with Gasteiger partial charge >= 0.3 is 0 Å². The minimum atomic E-state index is -0.158. The first-order valence-corrected chi connectivity index (χ1v) is 9.55. The van der Waals surface area contributed by atoms with Crippen LogP contribution in [0.4, 0.5) is 11.6 Å². The number of anilines is 2. The second-order valence-electron chi connectivity index (χ2n) is 6.83. The lowest BCUT2D eigenvalue weighted by atomic mass is 10.1. The number of hydrogen-bond donors (Lipinski definition) is 2. The number of carbonyl (C=O) groups is 1. The normalized spacial score (nSPS) is 10.6. The summed E-state index contributed by atoms with van der Waals surface area (Å²) in [7, 11) is 1.65. The molecule has 30 heavy (non-hydrogen) atoms. The topological polar surface area (TPSA) is 82.2 Å². The van der Waals surface area contributed by atoms with E-state index < -0.39 is 0 Å². The number of imidazole rings is 1. The lowest BCUT2D eigenvalue weighted by molar-refractivity contribution is 0.102. The van der Waals surface area contributed by atoms with Crippen LogP contribution in [0.3, 0.4) is 0 Å². The molecule has 3 aromatic carbocycles. The number of carbonyl (C=O) groups excluding carboxylic acids is 1. The van der Waals surface area contributed by atoms with Crippen LogP contribution in [-0.4, -0.2) is 22.6 Å². The molecule has 0 aliphatic carbocycles. The van der Waals surface area contributed by atoms with Crippen molar-refractivity contribution in [3.05, 3.63) is 96.2 Å². The molecule has 3 N–H and O–H groups in total. The summed E-state index contributed by atoms with van der Waals surface area (Å²) in [5, 5.41) is 2.92. The molecule has 0 fully saturated rings. The number of nitrogens with one attached hydrogen (secondary N) is 1. The van der Waals surface area contributed by atoms with E-state index in [-0.39, 0.29) is 5.91 Å². The van der Waals surface area contributed by atoms with Gasteiger partial charge in [0.05, 0.1) is 19.3 Å². The van der Waals surface area contributed by atoms with Gasteiger partial charge in [0.2, 0.25) is 5.95 Å². The molecule has 6 heteroatoms. The van der Waals surface area contributed by atoms with Crippen molar-refractivity contribution in [3.8, 4) is 17.0 Å². The number of para-hydroxylation sites is 1. The number of hydrogen-bond acceptors (Lipinski definition) is 4.